The summed E-state index contributed by atoms with van der Waals surface area (Å²) in [6, 6.07) is 0. The minimum absolute atomic E-state index is 0. The molecule has 0 unspecified atom stereocenters. The first-order valence-corrected chi connectivity index (χ1v) is 13.5. The minimum atomic E-state index is -3.01. The van der Waals surface area contributed by atoms with Gasteiger partial charge < -0.3 is 0 Å². The number of hydrogen-bond acceptors (Lipinski definition) is 4. The topological polar surface area (TPSA) is 52.6 Å². The molecular formula is C24H38ClO4Ti. The SMILES string of the molecule is CC1=C(C)C(C)(C)[C]([Ti]([O]C(=O)C2CCCCC2)[O]C(=O)C2CCCCC2)=C1C.Cl. The second kappa shape index (κ2) is 10.8. The molecule has 0 aromatic rings. The summed E-state index contributed by atoms with van der Waals surface area (Å²) in [7, 11) is 0. The van der Waals surface area contributed by atoms with Gasteiger partial charge in [0.05, 0.1) is 0 Å². The zero-order valence-electron chi connectivity index (χ0n) is 19.3. The van der Waals surface area contributed by atoms with Crippen molar-refractivity contribution in [2.24, 2.45) is 17.3 Å². The van der Waals surface area contributed by atoms with E-state index in [-0.39, 0.29) is 41.6 Å². The van der Waals surface area contributed by atoms with Crippen LogP contribution >= 0.6 is 12.4 Å². The van der Waals surface area contributed by atoms with Crippen LogP contribution in [-0.4, -0.2) is 11.9 Å². The molecule has 0 saturated heterocycles. The normalized spacial score (nSPS) is 22.6. The number of carbonyl (C=O) groups is 2. The van der Waals surface area contributed by atoms with Gasteiger partial charge in [-0.3, -0.25) is 0 Å². The Kier molecular flexibility index (Phi) is 9.27. The van der Waals surface area contributed by atoms with E-state index in [1.165, 1.54) is 24.0 Å². The van der Waals surface area contributed by atoms with Crippen molar-refractivity contribution < 1.29 is 34.9 Å². The largest absolute Gasteiger partial charge is 0.147 e. The van der Waals surface area contributed by atoms with Gasteiger partial charge in [0.2, 0.25) is 0 Å². The summed E-state index contributed by atoms with van der Waals surface area (Å²) in [5, 5.41) is 0. The summed E-state index contributed by atoms with van der Waals surface area (Å²) in [5.74, 6) is -0.315. The predicted molar refractivity (Wildman–Crippen MR) is 117 cm³/mol. The molecule has 2 saturated carbocycles. The van der Waals surface area contributed by atoms with Crippen molar-refractivity contribution in [3.05, 3.63) is 20.6 Å². The van der Waals surface area contributed by atoms with Crippen molar-refractivity contribution in [3.63, 3.8) is 0 Å². The van der Waals surface area contributed by atoms with E-state index < -0.39 is 18.6 Å². The van der Waals surface area contributed by atoms with E-state index in [9.17, 15) is 9.59 Å². The molecule has 4 nitrogen and oxygen atoms in total. The molecule has 3 rings (SSSR count). The smallest absolute Gasteiger partial charge is 0.147 e. The summed E-state index contributed by atoms with van der Waals surface area (Å²) >= 11 is -3.01. The summed E-state index contributed by atoms with van der Waals surface area (Å²) in [5.41, 5.74) is 3.48. The number of carbonyl (C=O) groups excluding carboxylic acids is 2. The van der Waals surface area contributed by atoms with Gasteiger partial charge in [0.1, 0.15) is 0 Å². The van der Waals surface area contributed by atoms with Gasteiger partial charge in [0, 0.05) is 0 Å². The second-order valence-electron chi connectivity index (χ2n) is 9.67. The third kappa shape index (κ3) is 5.42. The number of rotatable bonds is 5. The van der Waals surface area contributed by atoms with Crippen LogP contribution in [0.15, 0.2) is 20.6 Å². The zero-order valence-corrected chi connectivity index (χ0v) is 21.6. The van der Waals surface area contributed by atoms with E-state index in [4.69, 9.17) is 6.64 Å². The third-order valence-electron chi connectivity index (χ3n) is 7.53. The van der Waals surface area contributed by atoms with Crippen molar-refractivity contribution in [2.45, 2.75) is 98.8 Å². The molecule has 0 heterocycles. The second-order valence-corrected chi connectivity index (χ2v) is 12.0. The van der Waals surface area contributed by atoms with Gasteiger partial charge in [-0.25, -0.2) is 0 Å². The molecule has 0 aromatic carbocycles. The summed E-state index contributed by atoms with van der Waals surface area (Å²) < 4.78 is 13.4. The Balaban J connectivity index is 0.00000320. The molecule has 3 aliphatic rings. The van der Waals surface area contributed by atoms with Gasteiger partial charge in [-0.1, -0.05) is 0 Å². The van der Waals surface area contributed by atoms with E-state index in [1.54, 1.807) is 0 Å². The van der Waals surface area contributed by atoms with Crippen molar-refractivity contribution >= 4 is 24.3 Å². The molecule has 0 radical (unpaired) electrons. The van der Waals surface area contributed by atoms with Crippen LogP contribution in [0.4, 0.5) is 0 Å². The van der Waals surface area contributed by atoms with Crippen LogP contribution in [0.3, 0.4) is 0 Å². The fraction of sp³-hybridized carbons (Fsp3) is 0.750. The molecule has 3 aliphatic carbocycles. The fourth-order valence-electron chi connectivity index (χ4n) is 5.15. The van der Waals surface area contributed by atoms with Gasteiger partial charge in [0.15, 0.2) is 0 Å². The minimum Gasteiger partial charge on any atom is -0.147 e. The summed E-state index contributed by atoms with van der Waals surface area (Å²) in [6.45, 7) is 10.7. The number of hydrogen-bond donors (Lipinski definition) is 0. The van der Waals surface area contributed by atoms with Crippen LogP contribution in [0.5, 0.6) is 0 Å². The molecule has 0 spiro atoms. The maximum atomic E-state index is 13.0. The van der Waals surface area contributed by atoms with Gasteiger partial charge in [-0.2, -0.15) is 0 Å². The Morgan fingerprint density at radius 1 is 0.767 bits per heavy atom. The van der Waals surface area contributed by atoms with Crippen LogP contribution < -0.4 is 0 Å². The van der Waals surface area contributed by atoms with Crippen molar-refractivity contribution in [1.29, 1.82) is 0 Å². The first-order valence-electron chi connectivity index (χ1n) is 11.4. The molecule has 0 aliphatic heterocycles. The van der Waals surface area contributed by atoms with Gasteiger partial charge in [-0.05, 0) is 0 Å². The van der Waals surface area contributed by atoms with E-state index in [0.29, 0.717) is 0 Å². The zero-order chi connectivity index (χ0) is 21.2. The Bertz CT molecular complexity index is 681. The van der Waals surface area contributed by atoms with Crippen molar-refractivity contribution in [2.75, 3.05) is 0 Å². The van der Waals surface area contributed by atoms with Crippen molar-refractivity contribution in [1.82, 2.24) is 0 Å². The maximum Gasteiger partial charge on any atom is -0.147 e. The van der Waals surface area contributed by atoms with Crippen LogP contribution in [0, 0.1) is 17.3 Å². The van der Waals surface area contributed by atoms with Gasteiger partial charge in [0.25, 0.3) is 0 Å². The first-order chi connectivity index (χ1) is 13.7. The Morgan fingerprint density at radius 2 is 1.17 bits per heavy atom. The molecule has 0 aromatic heterocycles. The van der Waals surface area contributed by atoms with E-state index in [2.05, 4.69) is 34.6 Å². The molecule has 0 atom stereocenters. The van der Waals surface area contributed by atoms with Crippen molar-refractivity contribution in [3.8, 4) is 0 Å². The quantitative estimate of drug-likeness (QED) is 0.414. The molecular weight excluding hydrogens is 436 g/mol. The molecule has 30 heavy (non-hydrogen) atoms. The Morgan fingerprint density at radius 3 is 1.50 bits per heavy atom. The van der Waals surface area contributed by atoms with E-state index in [1.807, 2.05) is 0 Å². The molecule has 2 fully saturated rings. The fourth-order valence-corrected chi connectivity index (χ4v) is 8.49. The van der Waals surface area contributed by atoms with Gasteiger partial charge >= 0.3 is 183 Å². The summed E-state index contributed by atoms with van der Waals surface area (Å²) in [6.07, 6.45) is 10.4. The molecule has 0 bridgehead atoms. The van der Waals surface area contributed by atoms with E-state index in [0.717, 1.165) is 60.8 Å². The third-order valence-corrected chi connectivity index (χ3v) is 10.9. The van der Waals surface area contributed by atoms with Gasteiger partial charge in [-0.15, -0.1) is 12.4 Å². The summed E-state index contributed by atoms with van der Waals surface area (Å²) in [4.78, 5) is 26.0. The standard InChI is InChI=1S/C10H15.2C7H12O2.ClH.Ti/c1-7-6-10(4,5)9(3)8(7)2;2*8-7(9)6-4-2-1-3-5-6;;/h1-5H3;2*6H,1-5H2,(H,8,9);1H;/q;;;;+2/p-2. The van der Waals surface area contributed by atoms with E-state index >= 15 is 0 Å². The monoisotopic (exact) mass is 473 g/mol. The maximum absolute atomic E-state index is 13.0. The molecule has 6 heteroatoms. The van der Waals surface area contributed by atoms with Crippen LogP contribution in [0.2, 0.25) is 0 Å². The first kappa shape index (κ1) is 25.7. The number of halogens is 1. The molecule has 0 amide bonds. The Hall–Kier alpha value is -0.576. The molecule has 169 valence electrons. The average molecular weight is 474 g/mol. The molecule has 0 N–H and O–H groups in total. The van der Waals surface area contributed by atoms with Crippen LogP contribution in [-0.2, 0) is 34.9 Å². The van der Waals surface area contributed by atoms with Crippen LogP contribution in [0.25, 0.3) is 0 Å². The number of allylic oxidation sites excluding steroid dienone is 4. The predicted octanol–water partition coefficient (Wildman–Crippen LogP) is 6.75. The van der Waals surface area contributed by atoms with Crippen LogP contribution in [0.1, 0.15) is 98.8 Å². The average Bonchev–Trinajstić information content (AvgIpc) is 2.87. The Labute approximate surface area is 195 Å².